The maximum atomic E-state index is 11.6. The highest BCUT2D eigenvalue weighted by molar-refractivity contribution is 5.86. The number of benzene rings is 2. The van der Waals surface area contributed by atoms with Crippen LogP contribution in [0.5, 0.6) is 11.5 Å². The summed E-state index contributed by atoms with van der Waals surface area (Å²) in [6.07, 6.45) is -0.630. The van der Waals surface area contributed by atoms with Crippen LogP contribution in [0.4, 0.5) is 10.5 Å². The smallest absolute Gasteiger partial charge is 0.412 e. The van der Waals surface area contributed by atoms with Crippen LogP contribution in [0.1, 0.15) is 5.56 Å². The molecule has 5 nitrogen and oxygen atoms in total. The van der Waals surface area contributed by atoms with Gasteiger partial charge in [-0.2, -0.15) is 0 Å². The molecule has 2 aromatic carbocycles. The number of rotatable bonds is 4. The molecule has 20 heavy (non-hydrogen) atoms. The van der Waals surface area contributed by atoms with Crippen LogP contribution in [0, 0.1) is 0 Å². The van der Waals surface area contributed by atoms with Gasteiger partial charge in [-0.25, -0.2) is 4.79 Å². The van der Waals surface area contributed by atoms with Crippen molar-refractivity contribution in [2.24, 2.45) is 0 Å². The van der Waals surface area contributed by atoms with Gasteiger partial charge >= 0.3 is 6.09 Å². The molecule has 0 spiro atoms. The van der Waals surface area contributed by atoms with Gasteiger partial charge in [0.25, 0.3) is 0 Å². The van der Waals surface area contributed by atoms with Crippen molar-refractivity contribution in [3.8, 4) is 11.5 Å². The van der Waals surface area contributed by atoms with Crippen LogP contribution in [-0.2, 0) is 11.3 Å². The molecule has 0 aliphatic heterocycles. The largest absolute Gasteiger partial charge is 0.506 e. The summed E-state index contributed by atoms with van der Waals surface area (Å²) in [5, 5.41) is 12.2. The average molecular weight is 273 g/mol. The van der Waals surface area contributed by atoms with Crippen LogP contribution < -0.4 is 10.1 Å². The lowest BCUT2D eigenvalue weighted by atomic mass is 10.2. The quantitative estimate of drug-likeness (QED) is 0.840. The third kappa shape index (κ3) is 3.65. The van der Waals surface area contributed by atoms with E-state index < -0.39 is 6.09 Å². The standard InChI is InChI=1S/C15H15NO4/c1-19-12-7-8-13(14(17)9-12)16-15(18)20-10-11-5-3-2-4-6-11/h2-9,17H,10H2,1H3,(H,16,18). The highest BCUT2D eigenvalue weighted by Gasteiger charge is 2.08. The van der Waals surface area contributed by atoms with Gasteiger partial charge in [-0.1, -0.05) is 30.3 Å². The molecule has 0 bridgehead atoms. The normalized spacial score (nSPS) is 9.85. The number of amides is 1. The fourth-order valence-corrected chi connectivity index (χ4v) is 1.61. The molecule has 2 N–H and O–H groups in total. The Balaban J connectivity index is 1.91. The van der Waals surface area contributed by atoms with Crippen molar-refractivity contribution in [3.05, 3.63) is 54.1 Å². The number of carbonyl (C=O) groups excluding carboxylic acids is 1. The molecular formula is C15H15NO4. The predicted molar refractivity (Wildman–Crippen MR) is 74.9 cm³/mol. The first-order chi connectivity index (χ1) is 9.69. The van der Waals surface area contributed by atoms with Crippen molar-refractivity contribution in [2.75, 3.05) is 12.4 Å². The zero-order chi connectivity index (χ0) is 14.4. The van der Waals surface area contributed by atoms with E-state index in [9.17, 15) is 9.90 Å². The molecular weight excluding hydrogens is 258 g/mol. The van der Waals surface area contributed by atoms with Gasteiger partial charge < -0.3 is 14.6 Å². The van der Waals surface area contributed by atoms with E-state index in [0.717, 1.165) is 5.56 Å². The Labute approximate surface area is 116 Å². The molecule has 0 unspecified atom stereocenters. The van der Waals surface area contributed by atoms with E-state index in [2.05, 4.69) is 5.32 Å². The van der Waals surface area contributed by atoms with Gasteiger partial charge in [0.1, 0.15) is 18.1 Å². The summed E-state index contributed by atoms with van der Waals surface area (Å²) >= 11 is 0. The van der Waals surface area contributed by atoms with E-state index in [-0.39, 0.29) is 18.0 Å². The Morgan fingerprint density at radius 1 is 1.20 bits per heavy atom. The molecule has 104 valence electrons. The number of hydrogen-bond acceptors (Lipinski definition) is 4. The van der Waals surface area contributed by atoms with Crippen molar-refractivity contribution in [3.63, 3.8) is 0 Å². The molecule has 0 aromatic heterocycles. The first-order valence-corrected chi connectivity index (χ1v) is 6.04. The number of ether oxygens (including phenoxy) is 2. The summed E-state index contributed by atoms with van der Waals surface area (Å²) < 4.78 is 10.0. The van der Waals surface area contributed by atoms with Gasteiger partial charge in [-0.05, 0) is 17.7 Å². The number of anilines is 1. The van der Waals surface area contributed by atoms with E-state index in [1.54, 1.807) is 6.07 Å². The lowest BCUT2D eigenvalue weighted by molar-refractivity contribution is 0.155. The van der Waals surface area contributed by atoms with Gasteiger partial charge in [0.15, 0.2) is 0 Å². The van der Waals surface area contributed by atoms with Gasteiger partial charge in [0, 0.05) is 6.07 Å². The molecule has 0 atom stereocenters. The number of nitrogens with one attached hydrogen (secondary N) is 1. The summed E-state index contributed by atoms with van der Waals surface area (Å²) in [5.41, 5.74) is 1.16. The Kier molecular flexibility index (Phi) is 4.44. The van der Waals surface area contributed by atoms with Crippen molar-refractivity contribution in [1.82, 2.24) is 0 Å². The van der Waals surface area contributed by atoms with Gasteiger partial charge in [-0.15, -0.1) is 0 Å². The first-order valence-electron chi connectivity index (χ1n) is 6.04. The van der Waals surface area contributed by atoms with Crippen LogP contribution in [0.15, 0.2) is 48.5 Å². The molecule has 0 fully saturated rings. The first kappa shape index (κ1) is 13.7. The molecule has 1 amide bonds. The number of aromatic hydroxyl groups is 1. The Bertz CT molecular complexity index is 584. The molecule has 0 saturated carbocycles. The minimum Gasteiger partial charge on any atom is -0.506 e. The molecule has 0 heterocycles. The number of carbonyl (C=O) groups is 1. The molecule has 2 rings (SSSR count). The van der Waals surface area contributed by atoms with Crippen molar-refractivity contribution in [2.45, 2.75) is 6.61 Å². The maximum Gasteiger partial charge on any atom is 0.412 e. The van der Waals surface area contributed by atoms with Crippen molar-refractivity contribution in [1.29, 1.82) is 0 Å². The summed E-state index contributed by atoms with van der Waals surface area (Å²) in [5.74, 6) is 0.423. The van der Waals surface area contributed by atoms with Crippen LogP contribution >= 0.6 is 0 Å². The van der Waals surface area contributed by atoms with Gasteiger partial charge in [0.05, 0.1) is 12.8 Å². The highest BCUT2D eigenvalue weighted by Crippen LogP contribution is 2.27. The zero-order valence-electron chi connectivity index (χ0n) is 11.0. The lowest BCUT2D eigenvalue weighted by Gasteiger charge is -2.09. The van der Waals surface area contributed by atoms with Gasteiger partial charge in [-0.3, -0.25) is 5.32 Å². The molecule has 2 aromatic rings. The summed E-state index contributed by atoms with van der Waals surface area (Å²) in [4.78, 5) is 11.6. The Morgan fingerprint density at radius 3 is 2.60 bits per heavy atom. The fraction of sp³-hybridized carbons (Fsp3) is 0.133. The summed E-state index contributed by atoms with van der Waals surface area (Å²) in [6.45, 7) is 0.170. The van der Waals surface area contributed by atoms with Crippen LogP contribution in [0.2, 0.25) is 0 Å². The topological polar surface area (TPSA) is 67.8 Å². The van der Waals surface area contributed by atoms with E-state index in [1.807, 2.05) is 30.3 Å². The third-order valence-electron chi connectivity index (χ3n) is 2.65. The SMILES string of the molecule is COc1ccc(NC(=O)OCc2ccccc2)c(O)c1. The number of phenols is 1. The second-order valence-corrected chi connectivity index (χ2v) is 4.07. The van der Waals surface area contributed by atoms with Crippen molar-refractivity contribution >= 4 is 11.8 Å². The second-order valence-electron chi connectivity index (χ2n) is 4.07. The van der Waals surface area contributed by atoms with Crippen molar-refractivity contribution < 1.29 is 19.4 Å². The maximum absolute atomic E-state index is 11.6. The van der Waals surface area contributed by atoms with E-state index in [1.165, 1.54) is 19.2 Å². The lowest BCUT2D eigenvalue weighted by Crippen LogP contribution is -2.13. The van der Waals surface area contributed by atoms with E-state index in [0.29, 0.717) is 5.75 Å². The monoisotopic (exact) mass is 273 g/mol. The predicted octanol–water partition coefficient (Wildman–Crippen LogP) is 3.15. The zero-order valence-corrected chi connectivity index (χ0v) is 11.0. The van der Waals surface area contributed by atoms with Crippen LogP contribution in [0.25, 0.3) is 0 Å². The number of methoxy groups -OCH3 is 1. The second kappa shape index (κ2) is 6.47. The number of phenolic OH excluding ortho intramolecular Hbond substituents is 1. The van der Waals surface area contributed by atoms with Crippen LogP contribution in [0.3, 0.4) is 0 Å². The molecule has 5 heteroatoms. The average Bonchev–Trinajstić information content (AvgIpc) is 2.48. The highest BCUT2D eigenvalue weighted by atomic mass is 16.5. The molecule has 0 aliphatic carbocycles. The minimum absolute atomic E-state index is 0.0824. The molecule has 0 saturated heterocycles. The van der Waals surface area contributed by atoms with E-state index >= 15 is 0 Å². The van der Waals surface area contributed by atoms with Gasteiger partial charge in [0.2, 0.25) is 0 Å². The molecule has 0 aliphatic rings. The summed E-state index contributed by atoms with van der Waals surface area (Å²) in [6, 6.07) is 13.9. The fourth-order valence-electron chi connectivity index (χ4n) is 1.61. The third-order valence-corrected chi connectivity index (χ3v) is 2.65. The molecule has 0 radical (unpaired) electrons. The van der Waals surface area contributed by atoms with Crippen LogP contribution in [-0.4, -0.2) is 18.3 Å². The number of hydrogen-bond donors (Lipinski definition) is 2. The Hall–Kier alpha value is -2.69. The summed E-state index contributed by atoms with van der Waals surface area (Å²) in [7, 11) is 1.50. The Morgan fingerprint density at radius 2 is 1.95 bits per heavy atom. The van der Waals surface area contributed by atoms with E-state index in [4.69, 9.17) is 9.47 Å². The minimum atomic E-state index is -0.630.